The van der Waals surface area contributed by atoms with Crippen molar-refractivity contribution in [1.29, 1.82) is 0 Å². The molecule has 99 heavy (non-hydrogen) atoms. The van der Waals surface area contributed by atoms with Crippen LogP contribution in [0.15, 0.2) is 116 Å². The molecule has 10 atom stereocenters. The number of hydrogen-bond acceptors (Lipinski definition) is 16. The van der Waals surface area contributed by atoms with E-state index < -0.39 is 157 Å². The number of rotatable bonds is 37. The van der Waals surface area contributed by atoms with Crippen molar-refractivity contribution in [2.24, 2.45) is 17.6 Å². The first kappa shape index (κ1) is 75.1. The van der Waals surface area contributed by atoms with Crippen LogP contribution >= 0.6 is 0 Å². The molecule has 4 heterocycles. The van der Waals surface area contributed by atoms with Crippen LogP contribution in [0.3, 0.4) is 0 Å². The van der Waals surface area contributed by atoms with E-state index >= 15 is 0 Å². The predicted molar refractivity (Wildman–Crippen MR) is 360 cm³/mol. The van der Waals surface area contributed by atoms with Crippen molar-refractivity contribution in [2.45, 2.75) is 140 Å². The van der Waals surface area contributed by atoms with E-state index in [2.05, 4.69) is 88.4 Å². The molecule has 7 aromatic rings. The monoisotopic (exact) mass is 1370 g/mol. The molecule has 11 amide bonds. The van der Waals surface area contributed by atoms with Crippen molar-refractivity contribution in [3.63, 3.8) is 0 Å². The number of nitrogens with zero attached hydrogens (tertiary/aromatic N) is 2. The fourth-order valence-corrected chi connectivity index (χ4v) is 10.7. The van der Waals surface area contributed by atoms with Crippen molar-refractivity contribution in [1.82, 2.24) is 88.4 Å². The summed E-state index contributed by atoms with van der Waals surface area (Å²) in [5, 5.41) is 49.8. The highest BCUT2D eigenvalue weighted by Crippen LogP contribution is 2.21. The van der Waals surface area contributed by atoms with Crippen LogP contribution in [-0.2, 0) is 89.6 Å². The molecule has 0 aliphatic carbocycles. The second-order valence-electron chi connectivity index (χ2n) is 24.7. The molecule has 528 valence electrons. The number of carbonyl (C=O) groups excluding carboxylic acids is 11. The van der Waals surface area contributed by atoms with E-state index in [4.69, 9.17) is 5.73 Å². The summed E-state index contributed by atoms with van der Waals surface area (Å²) in [6.07, 6.45) is 8.71. The van der Waals surface area contributed by atoms with Crippen LogP contribution in [-0.4, -0.2) is 191 Å². The first-order valence-electron chi connectivity index (χ1n) is 32.2. The molecule has 32 heteroatoms. The largest absolute Gasteiger partial charge is 0.480 e. The molecule has 0 bridgehead atoms. The molecule has 0 unspecified atom stereocenters. The number of H-pyrrole nitrogens is 4. The molecular formula is C67H86N18O14. The Hall–Kier alpha value is -11.3. The number of nitrogens with two attached hydrogens (primary N) is 1. The Labute approximate surface area is 568 Å². The molecule has 0 aliphatic rings. The molecule has 7 rings (SSSR count). The minimum absolute atomic E-state index is 0.0186. The number of fused-ring (bicyclic) bond motifs is 2. The van der Waals surface area contributed by atoms with Gasteiger partial charge in [-0.05, 0) is 60.9 Å². The van der Waals surface area contributed by atoms with Gasteiger partial charge in [-0.3, -0.25) is 52.7 Å². The molecule has 4 aromatic heterocycles. The normalized spacial score (nSPS) is 14.3. The number of nitrogens with one attached hydrogen (secondary N) is 15. The Morgan fingerprint density at radius 1 is 0.444 bits per heavy atom. The van der Waals surface area contributed by atoms with E-state index in [0.29, 0.717) is 39.0 Å². The average Bonchev–Trinajstić information content (AvgIpc) is 1.73. The van der Waals surface area contributed by atoms with E-state index in [0.717, 1.165) is 10.9 Å². The van der Waals surface area contributed by atoms with Crippen molar-refractivity contribution >= 4 is 92.8 Å². The lowest BCUT2D eigenvalue weighted by atomic mass is 9.99. The number of carboxylic acids is 1. The molecule has 32 nitrogen and oxygen atoms in total. The van der Waals surface area contributed by atoms with Gasteiger partial charge in [-0.15, -0.1) is 0 Å². The number of imidazole rings is 2. The maximum absolute atomic E-state index is 14.3. The summed E-state index contributed by atoms with van der Waals surface area (Å²) in [6, 6.07) is 9.80. The zero-order chi connectivity index (χ0) is 71.9. The Kier molecular flexibility index (Phi) is 27.4. The number of amides is 11. The second kappa shape index (κ2) is 36.2. The standard InChI is InChI=1S/C67H86N18O14/c1-35(2)20-49(64(95)85-57(36(3)4)66(97)83-53(67(98)99)25-43-29-70-34-76-43)82-65(96)54(32-86)84-63(94)52(23-41-27-72-48-19-13-11-17-45(41)48)79-56(88)31-73-55(87)30-74-61(92)51(22-40-26-71-47-18-12-10-16-44(40)47)80-59(90)38(6)77-58(89)37(5)78-62(93)50(21-39-14-8-7-9-15-39)81-60(91)46(68)24-42-28-69-33-75-42/h7-19,26-29,33-38,46,49-54,57,71-72,86H,20-25,30-32,68H2,1-6H3,(H,69,75)(H,70,76)(H,73,87)(H,74,92)(H,77,89)(H,78,93)(H,79,88)(H,80,90)(H,81,91)(H,82,96)(H,83,97)(H,84,94)(H,85,95)(H,98,99)/t37-,38-,46-,49-,50-,51-,52-,53-,54-,57-/m0/s1. The van der Waals surface area contributed by atoms with Crippen LogP contribution in [0.2, 0.25) is 0 Å². The van der Waals surface area contributed by atoms with E-state index in [9.17, 15) is 67.7 Å². The fourth-order valence-electron chi connectivity index (χ4n) is 10.7. The zero-order valence-electron chi connectivity index (χ0n) is 55.5. The molecular weight excluding hydrogens is 1280 g/mol. The number of para-hydroxylation sites is 2. The van der Waals surface area contributed by atoms with Gasteiger partial charge in [0.25, 0.3) is 0 Å². The summed E-state index contributed by atoms with van der Waals surface area (Å²) in [5.41, 5.74) is 10.5. The smallest absolute Gasteiger partial charge is 0.326 e. The summed E-state index contributed by atoms with van der Waals surface area (Å²) >= 11 is 0. The van der Waals surface area contributed by atoms with Gasteiger partial charge in [0, 0.05) is 90.1 Å². The van der Waals surface area contributed by atoms with Gasteiger partial charge in [0.1, 0.15) is 54.4 Å². The van der Waals surface area contributed by atoms with Crippen LogP contribution < -0.4 is 64.2 Å². The second-order valence-corrected chi connectivity index (χ2v) is 24.7. The summed E-state index contributed by atoms with van der Waals surface area (Å²) < 4.78 is 0. The number of carboxylic acid groups (broad SMARTS) is 1. The Balaban J connectivity index is 0.963. The number of aromatic amines is 4. The first-order valence-corrected chi connectivity index (χ1v) is 32.2. The molecule has 19 N–H and O–H groups in total. The lowest BCUT2D eigenvalue weighted by molar-refractivity contribution is -0.142. The maximum atomic E-state index is 14.3. The highest BCUT2D eigenvalue weighted by molar-refractivity contribution is 5.99. The minimum Gasteiger partial charge on any atom is -0.480 e. The van der Waals surface area contributed by atoms with Gasteiger partial charge in [0.05, 0.1) is 38.4 Å². The van der Waals surface area contributed by atoms with Gasteiger partial charge >= 0.3 is 5.97 Å². The van der Waals surface area contributed by atoms with Gasteiger partial charge < -0.3 is 94.4 Å². The number of aliphatic hydroxyl groups excluding tert-OH is 1. The maximum Gasteiger partial charge on any atom is 0.326 e. The van der Waals surface area contributed by atoms with Gasteiger partial charge in [-0.1, -0.05) is 94.4 Å². The molecule has 0 fully saturated rings. The fraction of sp³-hybridized carbons (Fsp3) is 0.403. The number of benzene rings is 3. The number of carbonyl (C=O) groups is 12. The van der Waals surface area contributed by atoms with Crippen LogP contribution in [0.4, 0.5) is 0 Å². The summed E-state index contributed by atoms with van der Waals surface area (Å²) in [5.74, 6) is -11.3. The third-order valence-electron chi connectivity index (χ3n) is 16.1. The van der Waals surface area contributed by atoms with E-state index in [-0.39, 0.29) is 44.4 Å². The van der Waals surface area contributed by atoms with Gasteiger partial charge in [-0.2, -0.15) is 0 Å². The Bertz CT molecular complexity index is 3930. The highest BCUT2D eigenvalue weighted by atomic mass is 16.4. The quantitative estimate of drug-likeness (QED) is 0.0207. The summed E-state index contributed by atoms with van der Waals surface area (Å²) in [7, 11) is 0. The van der Waals surface area contributed by atoms with Gasteiger partial charge in [-0.25, -0.2) is 14.8 Å². The minimum atomic E-state index is -1.71. The van der Waals surface area contributed by atoms with Crippen LogP contribution in [0.5, 0.6) is 0 Å². The first-order chi connectivity index (χ1) is 47.3. The van der Waals surface area contributed by atoms with Crippen LogP contribution in [0.1, 0.15) is 76.0 Å². The van der Waals surface area contributed by atoms with Crippen molar-refractivity contribution in [3.8, 4) is 0 Å². The van der Waals surface area contributed by atoms with E-state index in [1.165, 1.54) is 38.9 Å². The third-order valence-corrected chi connectivity index (χ3v) is 16.1. The van der Waals surface area contributed by atoms with E-state index in [1.807, 2.05) is 0 Å². The Morgan fingerprint density at radius 3 is 1.46 bits per heavy atom. The topological polar surface area (TPSA) is 493 Å². The number of hydrogen-bond donors (Lipinski definition) is 18. The van der Waals surface area contributed by atoms with Crippen molar-refractivity contribution < 1.29 is 67.7 Å². The lowest BCUT2D eigenvalue weighted by Gasteiger charge is -2.28. The summed E-state index contributed by atoms with van der Waals surface area (Å²) in [4.78, 5) is 183. The van der Waals surface area contributed by atoms with Crippen LogP contribution in [0, 0.1) is 11.8 Å². The number of aliphatic hydroxyl groups is 1. The van der Waals surface area contributed by atoms with Crippen molar-refractivity contribution in [2.75, 3.05) is 19.7 Å². The molecule has 0 spiro atoms. The predicted octanol–water partition coefficient (Wildman–Crippen LogP) is -1.65. The zero-order valence-corrected chi connectivity index (χ0v) is 55.5. The lowest BCUT2D eigenvalue weighted by Crippen LogP contribution is -2.60. The van der Waals surface area contributed by atoms with Crippen LogP contribution in [0.25, 0.3) is 21.8 Å². The van der Waals surface area contributed by atoms with E-state index in [1.54, 1.807) is 119 Å². The molecule has 3 aromatic carbocycles. The van der Waals surface area contributed by atoms with Crippen molar-refractivity contribution in [3.05, 3.63) is 144 Å². The molecule has 0 saturated heterocycles. The average molecular weight is 1370 g/mol. The number of aliphatic carboxylic acids is 1. The highest BCUT2D eigenvalue weighted by Gasteiger charge is 2.36. The molecule has 0 radical (unpaired) electrons. The van der Waals surface area contributed by atoms with Gasteiger partial charge in [0.15, 0.2) is 0 Å². The van der Waals surface area contributed by atoms with Gasteiger partial charge in [0.2, 0.25) is 65.0 Å². The SMILES string of the molecule is CC(C)C[C@H](NC(=O)[C@H](CO)NC(=O)[C@H](Cc1c[nH]c2ccccc12)NC(=O)CNC(=O)CNC(=O)[C@H](Cc1c[nH]c2ccccc12)NC(=O)[C@H](C)NC(=O)[C@H](C)NC(=O)[C@H](Cc1ccccc1)NC(=O)[C@@H](N)Cc1cnc[nH]1)C(=O)N[C@H](C(=O)N[C@@H](Cc1cnc[nH]1)C(=O)O)C(C)C. The third kappa shape index (κ3) is 22.4. The summed E-state index contributed by atoms with van der Waals surface area (Å²) in [6.45, 7) is 7.07. The molecule has 0 saturated carbocycles. The molecule has 0 aliphatic heterocycles. The number of aromatic nitrogens is 6. The Morgan fingerprint density at radius 2 is 0.909 bits per heavy atom.